The van der Waals surface area contributed by atoms with Crippen molar-refractivity contribution >= 4 is 11.9 Å². The molecule has 4 heteroatoms. The first-order chi connectivity index (χ1) is 11.2. The Hall–Kier alpha value is -1.84. The molecule has 0 radical (unpaired) electrons. The lowest BCUT2D eigenvalue weighted by atomic mass is 9.85. The maximum absolute atomic E-state index is 12.5. The van der Waals surface area contributed by atoms with Crippen LogP contribution in [0.25, 0.3) is 0 Å². The van der Waals surface area contributed by atoms with Crippen molar-refractivity contribution in [3.63, 3.8) is 0 Å². The zero-order valence-electron chi connectivity index (χ0n) is 15.8. The maximum Gasteiger partial charge on any atom is 0.339 e. The van der Waals surface area contributed by atoms with Gasteiger partial charge in [0.1, 0.15) is 0 Å². The summed E-state index contributed by atoms with van der Waals surface area (Å²) in [5.41, 5.74) is 1.40. The average Bonchev–Trinajstić information content (AvgIpc) is 2.50. The molecule has 0 unspecified atom stereocenters. The van der Waals surface area contributed by atoms with Crippen LogP contribution in [0.15, 0.2) is 18.2 Å². The molecule has 1 rings (SSSR count). The molecule has 24 heavy (non-hydrogen) atoms. The van der Waals surface area contributed by atoms with Crippen LogP contribution in [0.5, 0.6) is 0 Å². The Morgan fingerprint density at radius 3 is 2.21 bits per heavy atom. The second-order valence-electron chi connectivity index (χ2n) is 7.40. The van der Waals surface area contributed by atoms with Crippen molar-refractivity contribution in [1.82, 2.24) is 0 Å². The summed E-state index contributed by atoms with van der Waals surface area (Å²) >= 11 is 0. The molecule has 0 spiro atoms. The number of ether oxygens (including phenoxy) is 2. The minimum atomic E-state index is -0.493. The second kappa shape index (κ2) is 8.86. The smallest absolute Gasteiger partial charge is 0.339 e. The number of hydrogen-bond donors (Lipinski definition) is 0. The first-order valence-corrected chi connectivity index (χ1v) is 8.65. The van der Waals surface area contributed by atoms with Gasteiger partial charge in [0.2, 0.25) is 0 Å². The number of benzene rings is 1. The molecule has 0 heterocycles. The highest BCUT2D eigenvalue weighted by molar-refractivity contribution is 6.03. The van der Waals surface area contributed by atoms with E-state index in [1.165, 1.54) is 0 Å². The van der Waals surface area contributed by atoms with Crippen molar-refractivity contribution < 1.29 is 19.1 Å². The minimum Gasteiger partial charge on any atom is -0.462 e. The van der Waals surface area contributed by atoms with E-state index in [1.807, 2.05) is 6.07 Å². The summed E-state index contributed by atoms with van der Waals surface area (Å²) in [5, 5.41) is 0. The first kappa shape index (κ1) is 20.2. The molecule has 1 aromatic rings. The van der Waals surface area contributed by atoms with Crippen LogP contribution >= 0.6 is 0 Å². The summed E-state index contributed by atoms with van der Waals surface area (Å²) in [6.07, 6.45) is 1.82. The number of carbonyl (C=O) groups excluding carboxylic acids is 2. The fraction of sp³-hybridized carbons (Fsp3) is 0.600. The van der Waals surface area contributed by atoms with E-state index >= 15 is 0 Å². The van der Waals surface area contributed by atoms with Gasteiger partial charge in [0.05, 0.1) is 24.3 Å². The van der Waals surface area contributed by atoms with Crippen LogP contribution < -0.4 is 0 Å². The van der Waals surface area contributed by atoms with E-state index in [-0.39, 0.29) is 23.1 Å². The van der Waals surface area contributed by atoms with E-state index in [9.17, 15) is 9.59 Å². The van der Waals surface area contributed by atoms with Gasteiger partial charge < -0.3 is 9.47 Å². The van der Waals surface area contributed by atoms with Crippen LogP contribution in [-0.4, -0.2) is 25.2 Å². The molecule has 134 valence electrons. The topological polar surface area (TPSA) is 52.6 Å². The molecule has 0 saturated heterocycles. The van der Waals surface area contributed by atoms with Gasteiger partial charge in [-0.1, -0.05) is 40.7 Å². The second-order valence-corrected chi connectivity index (χ2v) is 7.40. The highest BCUT2D eigenvalue weighted by Crippen LogP contribution is 2.25. The first-order valence-electron chi connectivity index (χ1n) is 8.65. The molecule has 0 N–H and O–H groups in total. The highest BCUT2D eigenvalue weighted by atomic mass is 16.5. The summed E-state index contributed by atoms with van der Waals surface area (Å²) in [6.45, 7) is 12.8. The molecule has 0 aliphatic carbocycles. The van der Waals surface area contributed by atoms with E-state index in [1.54, 1.807) is 19.1 Å². The van der Waals surface area contributed by atoms with Crippen LogP contribution in [0, 0.1) is 5.92 Å². The Kier molecular flexibility index (Phi) is 7.46. The molecule has 4 nitrogen and oxygen atoms in total. The van der Waals surface area contributed by atoms with Gasteiger partial charge in [0.25, 0.3) is 0 Å². The molecular weight excluding hydrogens is 304 g/mol. The third kappa shape index (κ3) is 5.99. The normalized spacial score (nSPS) is 11.5. The molecule has 0 aliphatic rings. The minimum absolute atomic E-state index is 0.125. The standard InChI is InChI=1S/C20H30O4/c1-7-23-18(21)16-11-10-15(20(4,5)6)13-17(16)19(22)24-12-8-9-14(2)3/h10-11,13-14H,7-9,12H2,1-6H3. The van der Waals surface area contributed by atoms with Crippen LogP contribution in [0.1, 0.15) is 80.7 Å². The van der Waals surface area contributed by atoms with Crippen molar-refractivity contribution in [2.24, 2.45) is 5.92 Å². The molecule has 0 amide bonds. The Morgan fingerprint density at radius 1 is 1.04 bits per heavy atom. The Bertz CT molecular complexity index is 567. The third-order valence-corrected chi connectivity index (χ3v) is 3.76. The number of esters is 2. The fourth-order valence-corrected chi connectivity index (χ4v) is 2.30. The summed E-state index contributed by atoms with van der Waals surface area (Å²) < 4.78 is 10.4. The molecule has 1 aromatic carbocycles. The molecule has 0 atom stereocenters. The molecule has 0 aromatic heterocycles. The van der Waals surface area contributed by atoms with Gasteiger partial charge in [-0.2, -0.15) is 0 Å². The van der Waals surface area contributed by atoms with Gasteiger partial charge in [-0.05, 0) is 48.8 Å². The van der Waals surface area contributed by atoms with Crippen molar-refractivity contribution in [3.05, 3.63) is 34.9 Å². The monoisotopic (exact) mass is 334 g/mol. The number of carbonyl (C=O) groups is 2. The van der Waals surface area contributed by atoms with Gasteiger partial charge in [-0.15, -0.1) is 0 Å². The third-order valence-electron chi connectivity index (χ3n) is 3.76. The van der Waals surface area contributed by atoms with E-state index in [0.717, 1.165) is 18.4 Å². The molecular formula is C20H30O4. The van der Waals surface area contributed by atoms with Crippen molar-refractivity contribution in [1.29, 1.82) is 0 Å². The lowest BCUT2D eigenvalue weighted by molar-refractivity contribution is 0.0460. The van der Waals surface area contributed by atoms with Crippen LogP contribution in [0.3, 0.4) is 0 Å². The average molecular weight is 334 g/mol. The lowest BCUT2D eigenvalue weighted by Crippen LogP contribution is -2.18. The van der Waals surface area contributed by atoms with E-state index in [0.29, 0.717) is 12.5 Å². The van der Waals surface area contributed by atoms with Gasteiger partial charge in [-0.25, -0.2) is 9.59 Å². The quantitative estimate of drug-likeness (QED) is 0.533. The zero-order valence-corrected chi connectivity index (χ0v) is 15.8. The number of rotatable bonds is 7. The SMILES string of the molecule is CCOC(=O)c1ccc(C(C)(C)C)cc1C(=O)OCCCC(C)C. The highest BCUT2D eigenvalue weighted by Gasteiger charge is 2.23. The Labute approximate surface area is 145 Å². The number of hydrogen-bond acceptors (Lipinski definition) is 4. The molecule has 0 bridgehead atoms. The van der Waals surface area contributed by atoms with Crippen LogP contribution in [0.2, 0.25) is 0 Å². The van der Waals surface area contributed by atoms with E-state index in [4.69, 9.17) is 9.47 Å². The molecule has 0 aliphatic heterocycles. The fourth-order valence-electron chi connectivity index (χ4n) is 2.30. The van der Waals surface area contributed by atoms with Gasteiger partial charge >= 0.3 is 11.9 Å². The predicted octanol–water partition coefficient (Wildman–Crippen LogP) is 4.75. The summed E-state index contributed by atoms with van der Waals surface area (Å²) in [6, 6.07) is 5.27. The Balaban J connectivity index is 3.02. The lowest BCUT2D eigenvalue weighted by Gasteiger charge is -2.20. The van der Waals surface area contributed by atoms with Crippen molar-refractivity contribution in [2.75, 3.05) is 13.2 Å². The van der Waals surface area contributed by atoms with Gasteiger partial charge in [0, 0.05) is 0 Å². The van der Waals surface area contributed by atoms with Gasteiger partial charge in [0.15, 0.2) is 0 Å². The Morgan fingerprint density at radius 2 is 1.67 bits per heavy atom. The summed E-state index contributed by atoms with van der Waals surface area (Å²) in [5.74, 6) is -0.386. The van der Waals surface area contributed by atoms with Crippen LogP contribution in [-0.2, 0) is 14.9 Å². The molecule has 0 fully saturated rings. The summed E-state index contributed by atoms with van der Waals surface area (Å²) in [7, 11) is 0. The van der Waals surface area contributed by atoms with Gasteiger partial charge in [-0.3, -0.25) is 0 Å². The molecule has 0 saturated carbocycles. The maximum atomic E-state index is 12.5. The predicted molar refractivity (Wildman–Crippen MR) is 95.5 cm³/mol. The zero-order chi connectivity index (χ0) is 18.3. The van der Waals surface area contributed by atoms with Crippen molar-refractivity contribution in [3.8, 4) is 0 Å². The largest absolute Gasteiger partial charge is 0.462 e. The van der Waals surface area contributed by atoms with E-state index in [2.05, 4.69) is 34.6 Å². The summed E-state index contributed by atoms with van der Waals surface area (Å²) in [4.78, 5) is 24.6. The van der Waals surface area contributed by atoms with E-state index < -0.39 is 11.9 Å². The van der Waals surface area contributed by atoms with Crippen molar-refractivity contribution in [2.45, 2.75) is 59.8 Å². The van der Waals surface area contributed by atoms with Crippen LogP contribution in [0.4, 0.5) is 0 Å².